The molecule has 106 valence electrons. The first kappa shape index (κ1) is 14.6. The Kier molecular flexibility index (Phi) is 4.94. The molecule has 0 aliphatic heterocycles. The molecule has 0 saturated heterocycles. The van der Waals surface area contributed by atoms with E-state index in [-0.39, 0.29) is 10.7 Å². The molecule has 0 saturated carbocycles. The minimum absolute atomic E-state index is 0.0710. The van der Waals surface area contributed by atoms with Gasteiger partial charge in [-0.1, -0.05) is 18.2 Å². The number of hydrogen-bond acceptors (Lipinski definition) is 5. The number of nitrogens with one attached hydrogen (secondary N) is 2. The summed E-state index contributed by atoms with van der Waals surface area (Å²) in [6.07, 6.45) is 4.89. The van der Waals surface area contributed by atoms with Crippen LogP contribution in [0.25, 0.3) is 0 Å². The van der Waals surface area contributed by atoms with E-state index < -0.39 is 5.97 Å². The number of pyridine rings is 1. The summed E-state index contributed by atoms with van der Waals surface area (Å²) >= 11 is 5.05. The number of rotatable bonds is 4. The normalized spacial score (nSPS) is 10.3. The summed E-state index contributed by atoms with van der Waals surface area (Å²) in [4.78, 5) is 14.7. The topological polar surface area (TPSA) is 89.4 Å². The van der Waals surface area contributed by atoms with Crippen LogP contribution >= 0.6 is 12.2 Å². The predicted octanol–water partition coefficient (Wildman–Crippen LogP) is 0.766. The molecule has 0 radical (unpaired) electrons. The molecule has 0 bridgehead atoms. The fourth-order valence-electron chi connectivity index (χ4n) is 1.50. The van der Waals surface area contributed by atoms with Gasteiger partial charge in [0.15, 0.2) is 5.11 Å². The Labute approximate surface area is 126 Å². The quantitative estimate of drug-likeness (QED) is 0.492. The van der Waals surface area contributed by atoms with Gasteiger partial charge in [0.2, 0.25) is 0 Å². The van der Waals surface area contributed by atoms with E-state index in [0.29, 0.717) is 5.69 Å². The Morgan fingerprint density at radius 3 is 2.90 bits per heavy atom. The molecule has 21 heavy (non-hydrogen) atoms. The van der Waals surface area contributed by atoms with E-state index in [4.69, 9.17) is 12.2 Å². The number of carbonyl (C=O) groups excluding carboxylic acids is 1. The molecule has 2 aromatic rings. The predicted molar refractivity (Wildman–Crippen MR) is 82.0 cm³/mol. The van der Waals surface area contributed by atoms with Gasteiger partial charge >= 0.3 is 0 Å². The van der Waals surface area contributed by atoms with Gasteiger partial charge in [0.25, 0.3) is 0 Å². The largest absolute Gasteiger partial charge is 0.545 e. The third-order valence-corrected chi connectivity index (χ3v) is 2.61. The van der Waals surface area contributed by atoms with Gasteiger partial charge in [-0.25, -0.2) is 0 Å². The van der Waals surface area contributed by atoms with Gasteiger partial charge in [-0.2, -0.15) is 5.10 Å². The van der Waals surface area contributed by atoms with E-state index in [2.05, 4.69) is 20.8 Å². The van der Waals surface area contributed by atoms with Crippen LogP contribution in [0.1, 0.15) is 15.9 Å². The number of aromatic carboxylic acids is 1. The van der Waals surface area contributed by atoms with Crippen LogP contribution in [0.15, 0.2) is 53.9 Å². The molecule has 2 N–H and O–H groups in total. The lowest BCUT2D eigenvalue weighted by molar-refractivity contribution is -0.255. The standard InChI is InChI=1S/C14H12N4O2S/c19-13(20)11-4-1-5-12(7-11)17-14(21)18-16-9-10-3-2-6-15-8-10/h1-9H,(H,19,20)(H2,17,18,21)/p-1. The molecule has 1 aromatic carbocycles. The Morgan fingerprint density at radius 1 is 1.33 bits per heavy atom. The highest BCUT2D eigenvalue weighted by atomic mass is 32.1. The van der Waals surface area contributed by atoms with Gasteiger partial charge in [-0.05, 0) is 36.0 Å². The van der Waals surface area contributed by atoms with Gasteiger partial charge in [-0.3, -0.25) is 10.4 Å². The zero-order valence-electron chi connectivity index (χ0n) is 10.8. The van der Waals surface area contributed by atoms with Crippen molar-refractivity contribution in [2.75, 3.05) is 5.32 Å². The van der Waals surface area contributed by atoms with Crippen LogP contribution in [0.5, 0.6) is 0 Å². The lowest BCUT2D eigenvalue weighted by Gasteiger charge is -2.09. The number of hydrazone groups is 1. The monoisotopic (exact) mass is 299 g/mol. The van der Waals surface area contributed by atoms with Gasteiger partial charge < -0.3 is 15.2 Å². The second kappa shape index (κ2) is 7.11. The van der Waals surface area contributed by atoms with Gasteiger partial charge in [-0.15, -0.1) is 0 Å². The Balaban J connectivity index is 1.91. The minimum atomic E-state index is -1.24. The first-order valence-corrected chi connectivity index (χ1v) is 6.37. The Bertz CT molecular complexity index is 674. The molecule has 0 unspecified atom stereocenters. The zero-order chi connectivity index (χ0) is 15.1. The Morgan fingerprint density at radius 2 is 2.19 bits per heavy atom. The number of carbonyl (C=O) groups is 1. The summed E-state index contributed by atoms with van der Waals surface area (Å²) in [6, 6.07) is 9.78. The minimum Gasteiger partial charge on any atom is -0.545 e. The van der Waals surface area contributed by atoms with E-state index in [1.165, 1.54) is 12.1 Å². The third-order valence-electron chi connectivity index (χ3n) is 2.42. The van der Waals surface area contributed by atoms with Crippen molar-refractivity contribution in [3.63, 3.8) is 0 Å². The SMILES string of the molecule is O=C([O-])c1cccc(NC(=S)NN=Cc2cccnc2)c1. The fraction of sp³-hybridized carbons (Fsp3) is 0. The van der Waals surface area contributed by atoms with Crippen LogP contribution in [0.4, 0.5) is 5.69 Å². The van der Waals surface area contributed by atoms with Crippen molar-refractivity contribution in [2.45, 2.75) is 0 Å². The molecule has 2 rings (SSSR count). The molecule has 0 amide bonds. The molecular weight excluding hydrogens is 288 g/mol. The van der Waals surface area contributed by atoms with Crippen LogP contribution < -0.4 is 15.8 Å². The first-order valence-electron chi connectivity index (χ1n) is 5.96. The fourth-order valence-corrected chi connectivity index (χ4v) is 1.67. The van der Waals surface area contributed by atoms with E-state index in [0.717, 1.165) is 5.56 Å². The molecule has 1 aromatic heterocycles. The van der Waals surface area contributed by atoms with Gasteiger partial charge in [0.05, 0.1) is 12.2 Å². The molecule has 0 aliphatic carbocycles. The molecule has 6 nitrogen and oxygen atoms in total. The molecule has 0 aliphatic rings. The smallest absolute Gasteiger partial charge is 0.191 e. The number of thiocarbonyl (C=S) groups is 1. The number of benzene rings is 1. The van der Waals surface area contributed by atoms with Crippen LogP contribution in [0.2, 0.25) is 0 Å². The van der Waals surface area contributed by atoms with E-state index in [1.807, 2.05) is 6.07 Å². The van der Waals surface area contributed by atoms with Crippen molar-refractivity contribution in [3.8, 4) is 0 Å². The van der Waals surface area contributed by atoms with E-state index in [1.54, 1.807) is 36.8 Å². The number of hydrogen-bond donors (Lipinski definition) is 2. The van der Waals surface area contributed by atoms with Gasteiger partial charge in [0, 0.05) is 23.6 Å². The Hall–Kier alpha value is -2.80. The maximum Gasteiger partial charge on any atom is 0.191 e. The van der Waals surface area contributed by atoms with Crippen LogP contribution in [0, 0.1) is 0 Å². The zero-order valence-corrected chi connectivity index (χ0v) is 11.6. The second-order valence-electron chi connectivity index (χ2n) is 3.98. The van der Waals surface area contributed by atoms with Crippen molar-refractivity contribution in [3.05, 3.63) is 59.9 Å². The number of anilines is 1. The molecule has 0 atom stereocenters. The van der Waals surface area contributed by atoms with Crippen molar-refractivity contribution >= 4 is 35.2 Å². The average molecular weight is 299 g/mol. The first-order chi connectivity index (χ1) is 10.1. The highest BCUT2D eigenvalue weighted by Crippen LogP contribution is 2.09. The molecule has 0 spiro atoms. The summed E-state index contributed by atoms with van der Waals surface area (Å²) in [7, 11) is 0. The number of nitrogens with zero attached hydrogens (tertiary/aromatic N) is 2. The summed E-state index contributed by atoms with van der Waals surface area (Å²) < 4.78 is 0. The molecule has 0 fully saturated rings. The number of carboxylic acid groups (broad SMARTS) is 1. The summed E-state index contributed by atoms with van der Waals surface area (Å²) in [5, 5.41) is 17.8. The van der Waals surface area contributed by atoms with E-state index >= 15 is 0 Å². The molecular formula is C14H11N4O2S-. The van der Waals surface area contributed by atoms with Gasteiger partial charge in [0.1, 0.15) is 0 Å². The lowest BCUT2D eigenvalue weighted by Crippen LogP contribution is -2.25. The third kappa shape index (κ3) is 4.66. The van der Waals surface area contributed by atoms with Crippen LogP contribution in [-0.4, -0.2) is 22.3 Å². The van der Waals surface area contributed by atoms with E-state index in [9.17, 15) is 9.90 Å². The average Bonchev–Trinajstić information content (AvgIpc) is 2.48. The van der Waals surface area contributed by atoms with Crippen LogP contribution in [0.3, 0.4) is 0 Å². The van der Waals surface area contributed by atoms with Crippen molar-refractivity contribution in [1.29, 1.82) is 0 Å². The summed E-state index contributed by atoms with van der Waals surface area (Å²) in [6.45, 7) is 0. The number of aromatic nitrogens is 1. The number of carboxylic acids is 1. The molecule has 1 heterocycles. The van der Waals surface area contributed by atoms with Crippen molar-refractivity contribution in [2.24, 2.45) is 5.10 Å². The summed E-state index contributed by atoms with van der Waals surface area (Å²) in [5.41, 5.74) is 4.06. The maximum atomic E-state index is 10.8. The van der Waals surface area contributed by atoms with Crippen LogP contribution in [-0.2, 0) is 0 Å². The summed E-state index contributed by atoms with van der Waals surface area (Å²) in [5.74, 6) is -1.24. The van der Waals surface area contributed by atoms with Crippen molar-refractivity contribution < 1.29 is 9.90 Å². The molecule has 7 heteroatoms. The lowest BCUT2D eigenvalue weighted by atomic mass is 10.2. The van der Waals surface area contributed by atoms with Crippen molar-refractivity contribution in [1.82, 2.24) is 10.4 Å². The maximum absolute atomic E-state index is 10.8. The highest BCUT2D eigenvalue weighted by molar-refractivity contribution is 7.80. The highest BCUT2D eigenvalue weighted by Gasteiger charge is 1.98. The second-order valence-corrected chi connectivity index (χ2v) is 4.39.